The zero-order valence-electron chi connectivity index (χ0n) is 17.6. The van der Waals surface area contributed by atoms with E-state index in [9.17, 15) is 9.59 Å². The fourth-order valence-corrected chi connectivity index (χ4v) is 3.61. The van der Waals surface area contributed by atoms with E-state index >= 15 is 0 Å². The molecule has 0 aliphatic rings. The summed E-state index contributed by atoms with van der Waals surface area (Å²) in [5.41, 5.74) is 10.2. The molecule has 0 unspecified atom stereocenters. The first kappa shape index (κ1) is 21.3. The number of hydrogen-bond acceptors (Lipinski definition) is 4. The number of methoxy groups -OCH3 is 1. The molecule has 2 aromatic carbocycles. The van der Waals surface area contributed by atoms with E-state index in [0.717, 1.165) is 29.7 Å². The SMILES string of the molecule is CCc1cccc(CC)c1CC(=O)c1cc(C(N)=O)nn1Cc1ccc(OC)cc1. The van der Waals surface area contributed by atoms with Crippen LogP contribution in [-0.4, -0.2) is 28.6 Å². The largest absolute Gasteiger partial charge is 0.497 e. The number of primary amides is 1. The lowest BCUT2D eigenvalue weighted by Gasteiger charge is -2.13. The summed E-state index contributed by atoms with van der Waals surface area (Å²) in [6.07, 6.45) is 1.97. The molecule has 0 aliphatic carbocycles. The number of Topliss-reactive ketones (excluding diaryl/α,β-unsaturated/α-hetero) is 1. The highest BCUT2D eigenvalue weighted by Gasteiger charge is 2.20. The first-order valence-electron chi connectivity index (χ1n) is 10.1. The lowest BCUT2D eigenvalue weighted by Crippen LogP contribution is -2.15. The molecule has 0 radical (unpaired) electrons. The summed E-state index contributed by atoms with van der Waals surface area (Å²) >= 11 is 0. The van der Waals surface area contributed by atoms with E-state index in [2.05, 4.69) is 31.1 Å². The van der Waals surface area contributed by atoms with Crippen LogP contribution in [0.5, 0.6) is 5.75 Å². The van der Waals surface area contributed by atoms with Gasteiger partial charge in [0.15, 0.2) is 11.5 Å². The Kier molecular flexibility index (Phi) is 6.67. The van der Waals surface area contributed by atoms with Crippen molar-refractivity contribution < 1.29 is 14.3 Å². The van der Waals surface area contributed by atoms with Gasteiger partial charge in [-0.15, -0.1) is 0 Å². The van der Waals surface area contributed by atoms with Gasteiger partial charge >= 0.3 is 0 Å². The number of amides is 1. The minimum absolute atomic E-state index is 0.0842. The van der Waals surface area contributed by atoms with Crippen LogP contribution in [0.4, 0.5) is 0 Å². The number of aryl methyl sites for hydroxylation is 2. The molecule has 0 saturated heterocycles. The second kappa shape index (κ2) is 9.39. The van der Waals surface area contributed by atoms with Gasteiger partial charge < -0.3 is 10.5 Å². The molecule has 0 saturated carbocycles. The third-order valence-electron chi connectivity index (χ3n) is 5.28. The number of aromatic nitrogens is 2. The van der Waals surface area contributed by atoms with E-state index in [4.69, 9.17) is 10.5 Å². The van der Waals surface area contributed by atoms with Gasteiger partial charge in [0.1, 0.15) is 11.4 Å². The van der Waals surface area contributed by atoms with Crippen LogP contribution in [0.3, 0.4) is 0 Å². The fourth-order valence-electron chi connectivity index (χ4n) is 3.61. The highest BCUT2D eigenvalue weighted by molar-refractivity contribution is 5.99. The summed E-state index contributed by atoms with van der Waals surface area (Å²) in [6.45, 7) is 4.53. The number of carbonyl (C=O) groups is 2. The molecule has 156 valence electrons. The van der Waals surface area contributed by atoms with Crippen molar-refractivity contribution in [1.82, 2.24) is 9.78 Å². The number of ketones is 1. The number of carbonyl (C=O) groups excluding carboxylic acids is 2. The van der Waals surface area contributed by atoms with E-state index in [1.807, 2.05) is 30.3 Å². The number of ether oxygens (including phenoxy) is 1. The molecule has 30 heavy (non-hydrogen) atoms. The van der Waals surface area contributed by atoms with Crippen molar-refractivity contribution in [2.75, 3.05) is 7.11 Å². The summed E-state index contributed by atoms with van der Waals surface area (Å²) in [6, 6.07) is 15.1. The third-order valence-corrected chi connectivity index (χ3v) is 5.28. The Morgan fingerprint density at radius 2 is 1.67 bits per heavy atom. The van der Waals surface area contributed by atoms with E-state index < -0.39 is 5.91 Å². The molecule has 3 rings (SSSR count). The van der Waals surface area contributed by atoms with Crippen molar-refractivity contribution in [2.45, 2.75) is 39.7 Å². The van der Waals surface area contributed by atoms with Crippen LogP contribution in [0.25, 0.3) is 0 Å². The van der Waals surface area contributed by atoms with Crippen molar-refractivity contribution in [2.24, 2.45) is 5.73 Å². The molecule has 3 aromatic rings. The number of benzene rings is 2. The van der Waals surface area contributed by atoms with Crippen molar-refractivity contribution >= 4 is 11.7 Å². The highest BCUT2D eigenvalue weighted by atomic mass is 16.5. The average Bonchev–Trinajstić information content (AvgIpc) is 3.18. The highest BCUT2D eigenvalue weighted by Crippen LogP contribution is 2.20. The Morgan fingerprint density at radius 1 is 1.03 bits per heavy atom. The predicted octanol–water partition coefficient (Wildman–Crippen LogP) is 3.59. The Hall–Kier alpha value is -3.41. The van der Waals surface area contributed by atoms with Gasteiger partial charge in [-0.2, -0.15) is 5.10 Å². The smallest absolute Gasteiger partial charge is 0.269 e. The Bertz CT molecular complexity index is 1030. The van der Waals surface area contributed by atoms with Crippen molar-refractivity contribution in [3.8, 4) is 5.75 Å². The van der Waals surface area contributed by atoms with Crippen LogP contribution in [-0.2, 0) is 25.8 Å². The molecule has 6 nitrogen and oxygen atoms in total. The van der Waals surface area contributed by atoms with Gasteiger partial charge in [-0.05, 0) is 47.2 Å². The normalized spacial score (nSPS) is 10.8. The second-order valence-corrected chi connectivity index (χ2v) is 7.15. The zero-order chi connectivity index (χ0) is 21.7. The standard InChI is InChI=1S/C24H27N3O3/c1-4-17-7-6-8-18(5-2)20(17)13-23(28)22-14-21(24(25)29)26-27(22)15-16-9-11-19(30-3)12-10-16/h6-12,14H,4-5,13,15H2,1-3H3,(H2,25,29). The number of hydrogen-bond donors (Lipinski definition) is 1. The molecular weight excluding hydrogens is 378 g/mol. The van der Waals surface area contributed by atoms with E-state index in [-0.39, 0.29) is 17.9 Å². The lowest BCUT2D eigenvalue weighted by atomic mass is 9.93. The Balaban J connectivity index is 1.94. The Labute approximate surface area is 176 Å². The molecule has 6 heteroatoms. The molecule has 0 atom stereocenters. The number of nitrogens with two attached hydrogens (primary N) is 1. The van der Waals surface area contributed by atoms with Crippen molar-refractivity contribution in [3.63, 3.8) is 0 Å². The number of nitrogens with zero attached hydrogens (tertiary/aromatic N) is 2. The monoisotopic (exact) mass is 405 g/mol. The van der Waals surface area contributed by atoms with Gasteiger partial charge in [0.25, 0.3) is 5.91 Å². The van der Waals surface area contributed by atoms with Crippen LogP contribution in [0.15, 0.2) is 48.5 Å². The maximum Gasteiger partial charge on any atom is 0.269 e. The van der Waals surface area contributed by atoms with E-state index in [0.29, 0.717) is 12.2 Å². The fraction of sp³-hybridized carbons (Fsp3) is 0.292. The third kappa shape index (κ3) is 4.59. The van der Waals surface area contributed by atoms with Crippen molar-refractivity contribution in [1.29, 1.82) is 0 Å². The minimum atomic E-state index is -0.652. The number of rotatable bonds is 9. The van der Waals surface area contributed by atoms with Gasteiger partial charge in [0.2, 0.25) is 0 Å². The van der Waals surface area contributed by atoms with Crippen LogP contribution < -0.4 is 10.5 Å². The van der Waals surface area contributed by atoms with Gasteiger partial charge in [-0.25, -0.2) is 0 Å². The summed E-state index contributed by atoms with van der Waals surface area (Å²) in [7, 11) is 1.61. The van der Waals surface area contributed by atoms with Crippen LogP contribution in [0.2, 0.25) is 0 Å². The van der Waals surface area contributed by atoms with Gasteiger partial charge in [-0.1, -0.05) is 44.2 Å². The van der Waals surface area contributed by atoms with Crippen molar-refractivity contribution in [3.05, 3.63) is 82.2 Å². The maximum atomic E-state index is 13.3. The quantitative estimate of drug-likeness (QED) is 0.551. The molecule has 0 spiro atoms. The molecule has 2 N–H and O–H groups in total. The van der Waals surface area contributed by atoms with Crippen LogP contribution in [0.1, 0.15) is 57.1 Å². The topological polar surface area (TPSA) is 87.2 Å². The Morgan fingerprint density at radius 3 is 2.20 bits per heavy atom. The summed E-state index contributed by atoms with van der Waals surface area (Å²) < 4.78 is 6.75. The first-order chi connectivity index (χ1) is 14.5. The van der Waals surface area contributed by atoms with Crippen LogP contribution >= 0.6 is 0 Å². The average molecular weight is 405 g/mol. The van der Waals surface area contributed by atoms with E-state index in [1.54, 1.807) is 11.8 Å². The zero-order valence-corrected chi connectivity index (χ0v) is 17.6. The summed E-state index contributed by atoms with van der Waals surface area (Å²) in [5.74, 6) is 0.0106. The molecule has 0 bridgehead atoms. The first-order valence-corrected chi connectivity index (χ1v) is 10.1. The molecular formula is C24H27N3O3. The minimum Gasteiger partial charge on any atom is -0.497 e. The lowest BCUT2D eigenvalue weighted by molar-refractivity contribution is 0.0978. The summed E-state index contributed by atoms with van der Waals surface area (Å²) in [4.78, 5) is 25.0. The van der Waals surface area contributed by atoms with Gasteiger partial charge in [0, 0.05) is 12.5 Å². The van der Waals surface area contributed by atoms with Gasteiger partial charge in [-0.3, -0.25) is 14.3 Å². The predicted molar refractivity (Wildman–Crippen MR) is 116 cm³/mol. The van der Waals surface area contributed by atoms with Gasteiger partial charge in [0.05, 0.1) is 13.7 Å². The summed E-state index contributed by atoms with van der Waals surface area (Å²) in [5, 5.41) is 4.29. The molecule has 1 heterocycles. The molecule has 1 amide bonds. The molecule has 0 aliphatic heterocycles. The molecule has 1 aromatic heterocycles. The molecule has 0 fully saturated rings. The van der Waals surface area contributed by atoms with E-state index in [1.165, 1.54) is 17.2 Å². The maximum absolute atomic E-state index is 13.3. The second-order valence-electron chi connectivity index (χ2n) is 7.15. The van der Waals surface area contributed by atoms with Crippen LogP contribution in [0, 0.1) is 0 Å².